The molecule has 2 aromatic rings. The predicted octanol–water partition coefficient (Wildman–Crippen LogP) is 3.07. The lowest BCUT2D eigenvalue weighted by Gasteiger charge is -2.08. The molecule has 0 fully saturated rings. The molecule has 8 heteroatoms. The molecule has 0 spiro atoms. The molecule has 0 saturated carbocycles. The number of ether oxygens (including phenoxy) is 1. The van der Waals surface area contributed by atoms with E-state index in [1.165, 1.54) is 30.0 Å². The molecule has 0 bridgehead atoms. The molecule has 6 nitrogen and oxygen atoms in total. The largest absolute Gasteiger partial charge is 0.464 e. The average Bonchev–Trinajstić information content (AvgIpc) is 2.71. The number of anilines is 1. The number of amides is 1. The molecule has 0 atom stereocenters. The fraction of sp³-hybridized carbons (Fsp3) is 0.214. The van der Waals surface area contributed by atoms with Crippen molar-refractivity contribution >= 4 is 40.8 Å². The number of nitrogens with one attached hydrogen (secondary N) is 1. The number of rotatable bonds is 3. The first-order chi connectivity index (χ1) is 10.3. The molecule has 0 saturated heterocycles. The number of aromatic nitrogens is 2. The number of halogens is 2. The predicted molar refractivity (Wildman–Crippen MR) is 83.7 cm³/mol. The maximum absolute atomic E-state index is 12.3. The van der Waals surface area contributed by atoms with Gasteiger partial charge >= 0.3 is 5.97 Å². The zero-order valence-electron chi connectivity index (χ0n) is 12.1. The highest BCUT2D eigenvalue weighted by Crippen LogP contribution is 2.23. The first-order valence-electron chi connectivity index (χ1n) is 6.23. The van der Waals surface area contributed by atoms with Crippen molar-refractivity contribution < 1.29 is 14.3 Å². The molecule has 2 rings (SSSR count). The Hall–Kier alpha value is -2.05. The summed E-state index contributed by atoms with van der Waals surface area (Å²) in [6, 6.07) is 4.48. The van der Waals surface area contributed by atoms with Crippen molar-refractivity contribution in [2.75, 3.05) is 12.4 Å². The van der Waals surface area contributed by atoms with Crippen molar-refractivity contribution in [3.63, 3.8) is 0 Å². The molecule has 116 valence electrons. The fourth-order valence-corrected chi connectivity index (χ4v) is 2.54. The summed E-state index contributed by atoms with van der Waals surface area (Å²) in [7, 11) is 2.85. The van der Waals surface area contributed by atoms with Crippen molar-refractivity contribution in [1.29, 1.82) is 0 Å². The highest BCUT2D eigenvalue weighted by molar-refractivity contribution is 6.35. The Kier molecular flexibility index (Phi) is 4.73. The van der Waals surface area contributed by atoms with Crippen molar-refractivity contribution in [2.24, 2.45) is 7.05 Å². The number of methoxy groups -OCH3 is 1. The molecular formula is C14H13Cl2N3O3. The van der Waals surface area contributed by atoms with E-state index in [-0.39, 0.29) is 16.9 Å². The SMILES string of the molecule is COC(=O)c1c(NC(=O)c2cc(Cl)cc(Cl)c2)c(C)nn1C. The zero-order chi connectivity index (χ0) is 16.4. The summed E-state index contributed by atoms with van der Waals surface area (Å²) < 4.78 is 6.05. The second kappa shape index (κ2) is 6.37. The van der Waals surface area contributed by atoms with E-state index in [1.807, 2.05) is 0 Å². The van der Waals surface area contributed by atoms with Gasteiger partial charge in [-0.3, -0.25) is 9.48 Å². The van der Waals surface area contributed by atoms with E-state index in [0.717, 1.165) is 0 Å². The molecule has 1 aromatic carbocycles. The molecule has 0 aliphatic rings. The number of nitrogens with zero attached hydrogens (tertiary/aromatic N) is 2. The van der Waals surface area contributed by atoms with Gasteiger partial charge in [-0.1, -0.05) is 23.2 Å². The maximum atomic E-state index is 12.3. The second-order valence-electron chi connectivity index (χ2n) is 4.54. The monoisotopic (exact) mass is 341 g/mol. The van der Waals surface area contributed by atoms with Gasteiger partial charge < -0.3 is 10.1 Å². The van der Waals surface area contributed by atoms with Crippen LogP contribution in [0.4, 0.5) is 5.69 Å². The normalized spacial score (nSPS) is 10.4. The molecule has 1 aromatic heterocycles. The number of aryl methyl sites for hydroxylation is 2. The summed E-state index contributed by atoms with van der Waals surface area (Å²) in [6.45, 7) is 1.67. The van der Waals surface area contributed by atoms with Crippen LogP contribution in [0.25, 0.3) is 0 Å². The average molecular weight is 342 g/mol. The molecule has 22 heavy (non-hydrogen) atoms. The van der Waals surface area contributed by atoms with Crippen LogP contribution in [0.5, 0.6) is 0 Å². The number of hydrogen-bond acceptors (Lipinski definition) is 4. The van der Waals surface area contributed by atoms with Crippen LogP contribution in [0.2, 0.25) is 10.0 Å². The number of carbonyl (C=O) groups excluding carboxylic acids is 2. The standard InChI is InChI=1S/C14H13Cl2N3O3/c1-7-11(12(14(21)22-3)19(2)18-7)17-13(20)8-4-9(15)6-10(16)5-8/h4-6H,1-3H3,(H,17,20). The van der Waals surface area contributed by atoms with Crippen LogP contribution in [-0.4, -0.2) is 28.8 Å². The molecular weight excluding hydrogens is 329 g/mol. The third kappa shape index (κ3) is 3.23. The van der Waals surface area contributed by atoms with Gasteiger partial charge in [-0.2, -0.15) is 5.10 Å². The van der Waals surface area contributed by atoms with Gasteiger partial charge in [0.2, 0.25) is 0 Å². The molecule has 0 aliphatic heterocycles. The number of carbonyl (C=O) groups is 2. The van der Waals surface area contributed by atoms with E-state index < -0.39 is 11.9 Å². The van der Waals surface area contributed by atoms with Gasteiger partial charge in [-0.25, -0.2) is 4.79 Å². The van der Waals surface area contributed by atoms with Crippen molar-refractivity contribution in [3.8, 4) is 0 Å². The van der Waals surface area contributed by atoms with E-state index in [0.29, 0.717) is 15.7 Å². The van der Waals surface area contributed by atoms with Crippen molar-refractivity contribution in [3.05, 3.63) is 45.2 Å². The van der Waals surface area contributed by atoms with E-state index in [1.54, 1.807) is 14.0 Å². The Morgan fingerprint density at radius 2 is 1.82 bits per heavy atom. The van der Waals surface area contributed by atoms with Crippen LogP contribution < -0.4 is 5.32 Å². The Balaban J connectivity index is 2.38. The summed E-state index contributed by atoms with van der Waals surface area (Å²) in [5, 5.41) is 7.44. The van der Waals surface area contributed by atoms with Crippen LogP contribution >= 0.6 is 23.2 Å². The van der Waals surface area contributed by atoms with E-state index >= 15 is 0 Å². The molecule has 1 heterocycles. The van der Waals surface area contributed by atoms with Crippen molar-refractivity contribution in [2.45, 2.75) is 6.92 Å². The van der Waals surface area contributed by atoms with Gasteiger partial charge in [0.05, 0.1) is 18.5 Å². The van der Waals surface area contributed by atoms with Gasteiger partial charge in [0.15, 0.2) is 5.69 Å². The van der Waals surface area contributed by atoms with E-state index in [9.17, 15) is 9.59 Å². The maximum Gasteiger partial charge on any atom is 0.358 e. The lowest BCUT2D eigenvalue weighted by Crippen LogP contribution is -2.16. The zero-order valence-corrected chi connectivity index (χ0v) is 13.6. The van der Waals surface area contributed by atoms with Gasteiger partial charge in [0.1, 0.15) is 0 Å². The van der Waals surface area contributed by atoms with Gasteiger partial charge in [-0.05, 0) is 25.1 Å². The van der Waals surface area contributed by atoms with Gasteiger partial charge in [0.25, 0.3) is 5.91 Å². The first-order valence-corrected chi connectivity index (χ1v) is 6.98. The molecule has 0 aliphatic carbocycles. The summed E-state index contributed by atoms with van der Waals surface area (Å²) in [4.78, 5) is 24.1. The number of hydrogen-bond donors (Lipinski definition) is 1. The molecule has 1 N–H and O–H groups in total. The highest BCUT2D eigenvalue weighted by Gasteiger charge is 2.23. The minimum absolute atomic E-state index is 0.154. The lowest BCUT2D eigenvalue weighted by atomic mass is 10.2. The smallest absolute Gasteiger partial charge is 0.358 e. The topological polar surface area (TPSA) is 73.2 Å². The summed E-state index contributed by atoms with van der Waals surface area (Å²) in [5.41, 5.74) is 1.21. The van der Waals surface area contributed by atoms with Crippen molar-refractivity contribution in [1.82, 2.24) is 9.78 Å². The second-order valence-corrected chi connectivity index (χ2v) is 5.41. The third-order valence-corrected chi connectivity index (χ3v) is 3.40. The van der Waals surface area contributed by atoms with E-state index in [2.05, 4.69) is 10.4 Å². The molecule has 0 unspecified atom stereocenters. The fourth-order valence-electron chi connectivity index (χ4n) is 2.01. The Bertz CT molecular complexity index is 736. The summed E-state index contributed by atoms with van der Waals surface area (Å²) >= 11 is 11.8. The summed E-state index contributed by atoms with van der Waals surface area (Å²) in [5.74, 6) is -1.05. The van der Waals surface area contributed by atoms with Crippen LogP contribution in [-0.2, 0) is 11.8 Å². The lowest BCUT2D eigenvalue weighted by molar-refractivity contribution is 0.0589. The Morgan fingerprint density at radius 3 is 2.36 bits per heavy atom. The minimum Gasteiger partial charge on any atom is -0.464 e. The first kappa shape index (κ1) is 16.3. The number of benzene rings is 1. The minimum atomic E-state index is -0.595. The van der Waals surface area contributed by atoms with Gasteiger partial charge in [0, 0.05) is 22.7 Å². The van der Waals surface area contributed by atoms with Crippen LogP contribution in [0.1, 0.15) is 26.5 Å². The molecule has 1 amide bonds. The Morgan fingerprint density at radius 1 is 1.23 bits per heavy atom. The van der Waals surface area contributed by atoms with Crippen LogP contribution in [0.15, 0.2) is 18.2 Å². The van der Waals surface area contributed by atoms with Crippen LogP contribution in [0, 0.1) is 6.92 Å². The van der Waals surface area contributed by atoms with Gasteiger partial charge in [-0.15, -0.1) is 0 Å². The quantitative estimate of drug-likeness (QED) is 0.870. The van der Waals surface area contributed by atoms with Crippen LogP contribution in [0.3, 0.4) is 0 Å². The highest BCUT2D eigenvalue weighted by atomic mass is 35.5. The third-order valence-electron chi connectivity index (χ3n) is 2.96. The molecule has 0 radical (unpaired) electrons. The Labute approximate surface area is 137 Å². The van der Waals surface area contributed by atoms with E-state index in [4.69, 9.17) is 27.9 Å². The number of esters is 1. The summed E-state index contributed by atoms with van der Waals surface area (Å²) in [6.07, 6.45) is 0.